The van der Waals surface area contributed by atoms with Gasteiger partial charge in [0.2, 0.25) is 5.91 Å². The Morgan fingerprint density at radius 2 is 2.05 bits per heavy atom. The zero-order valence-electron chi connectivity index (χ0n) is 13.5. The number of hydrogen-bond donors (Lipinski definition) is 1. The van der Waals surface area contributed by atoms with Crippen LogP contribution >= 0.6 is 11.3 Å². The molecular weight excluding hydrogens is 296 g/mol. The fraction of sp³-hybridized carbons (Fsp3) is 0.412. The van der Waals surface area contributed by atoms with Crippen LogP contribution in [0.5, 0.6) is 5.75 Å². The molecule has 1 amide bonds. The van der Waals surface area contributed by atoms with E-state index >= 15 is 0 Å². The number of hydrogen-bond acceptors (Lipinski definition) is 4. The topological polar surface area (TPSA) is 51.2 Å². The molecule has 0 aliphatic heterocycles. The molecule has 1 atom stereocenters. The van der Waals surface area contributed by atoms with Crippen molar-refractivity contribution >= 4 is 22.4 Å². The summed E-state index contributed by atoms with van der Waals surface area (Å²) in [5.41, 5.74) is 1.93. The second-order valence-corrected chi connectivity index (χ2v) is 6.53. The Morgan fingerprint density at radius 3 is 2.64 bits per heavy atom. The van der Waals surface area contributed by atoms with Crippen molar-refractivity contribution in [1.29, 1.82) is 0 Å². The summed E-state index contributed by atoms with van der Waals surface area (Å²) in [7, 11) is 1.65. The first kappa shape index (κ1) is 16.5. The lowest BCUT2D eigenvalue weighted by Gasteiger charge is -2.08. The molecule has 0 bridgehead atoms. The summed E-state index contributed by atoms with van der Waals surface area (Å²) < 4.78 is 5.17. The minimum atomic E-state index is 0.0126. The fourth-order valence-electron chi connectivity index (χ4n) is 2.26. The van der Waals surface area contributed by atoms with Crippen molar-refractivity contribution in [3.05, 3.63) is 29.1 Å². The lowest BCUT2D eigenvalue weighted by molar-refractivity contribution is -0.119. The zero-order valence-corrected chi connectivity index (χ0v) is 14.3. The number of benzene rings is 1. The molecule has 0 spiro atoms. The number of rotatable bonds is 6. The van der Waals surface area contributed by atoms with Gasteiger partial charge >= 0.3 is 0 Å². The van der Waals surface area contributed by atoms with Crippen LogP contribution in [0.25, 0.3) is 11.3 Å². The van der Waals surface area contributed by atoms with E-state index < -0.39 is 0 Å². The summed E-state index contributed by atoms with van der Waals surface area (Å²) in [6.45, 7) is 6.05. The van der Waals surface area contributed by atoms with Crippen LogP contribution in [0.1, 0.15) is 31.6 Å². The van der Waals surface area contributed by atoms with Crippen LogP contribution in [0.4, 0.5) is 5.13 Å². The maximum Gasteiger partial charge on any atom is 0.228 e. The predicted octanol–water partition coefficient (Wildman–Crippen LogP) is 4.50. The first-order valence-electron chi connectivity index (χ1n) is 7.47. The monoisotopic (exact) mass is 318 g/mol. The Morgan fingerprint density at radius 1 is 1.36 bits per heavy atom. The van der Waals surface area contributed by atoms with E-state index in [9.17, 15) is 4.79 Å². The molecule has 5 heteroatoms. The van der Waals surface area contributed by atoms with E-state index in [2.05, 4.69) is 17.2 Å². The second kappa shape index (κ2) is 7.40. The van der Waals surface area contributed by atoms with E-state index in [0.717, 1.165) is 34.7 Å². The second-order valence-electron chi connectivity index (χ2n) is 5.33. The van der Waals surface area contributed by atoms with Crippen molar-refractivity contribution in [2.24, 2.45) is 5.92 Å². The van der Waals surface area contributed by atoms with Crippen LogP contribution in [0.3, 0.4) is 0 Å². The van der Waals surface area contributed by atoms with Crippen molar-refractivity contribution in [1.82, 2.24) is 4.98 Å². The third-order valence-corrected chi connectivity index (χ3v) is 4.45. The van der Waals surface area contributed by atoms with Crippen LogP contribution in [0, 0.1) is 12.8 Å². The Labute approximate surface area is 135 Å². The average Bonchev–Trinajstić information content (AvgIpc) is 2.88. The van der Waals surface area contributed by atoms with Crippen molar-refractivity contribution < 1.29 is 9.53 Å². The number of thiazole rings is 1. The Kier molecular flexibility index (Phi) is 5.55. The summed E-state index contributed by atoms with van der Waals surface area (Å²) in [6, 6.07) is 7.78. The standard InChI is InChI=1S/C17H22N2O2S/c1-5-6-11(2)16(20)19-17-18-15(12(3)22-17)13-7-9-14(21-4)10-8-13/h7-11H,5-6H2,1-4H3,(H,18,19,20)/t11-/m0/s1. The van der Waals surface area contributed by atoms with E-state index in [1.807, 2.05) is 38.1 Å². The normalized spacial score (nSPS) is 12.0. The van der Waals surface area contributed by atoms with Crippen LogP contribution in [0.2, 0.25) is 0 Å². The van der Waals surface area contributed by atoms with Crippen molar-refractivity contribution in [2.75, 3.05) is 12.4 Å². The van der Waals surface area contributed by atoms with E-state index in [-0.39, 0.29) is 11.8 Å². The number of carbonyl (C=O) groups excluding carboxylic acids is 1. The number of anilines is 1. The zero-order chi connectivity index (χ0) is 16.1. The van der Waals surface area contributed by atoms with Crippen LogP contribution in [-0.4, -0.2) is 18.0 Å². The molecule has 0 unspecified atom stereocenters. The minimum Gasteiger partial charge on any atom is -0.497 e. The number of ether oxygens (including phenoxy) is 1. The molecule has 1 aromatic carbocycles. The molecule has 0 radical (unpaired) electrons. The van der Waals surface area contributed by atoms with Gasteiger partial charge in [0, 0.05) is 16.4 Å². The van der Waals surface area contributed by atoms with Gasteiger partial charge in [0.05, 0.1) is 12.8 Å². The molecule has 0 saturated carbocycles. The van der Waals surface area contributed by atoms with Crippen molar-refractivity contribution in [3.63, 3.8) is 0 Å². The van der Waals surface area contributed by atoms with E-state index in [0.29, 0.717) is 5.13 Å². The maximum atomic E-state index is 12.1. The number of nitrogens with one attached hydrogen (secondary N) is 1. The number of aryl methyl sites for hydroxylation is 1. The third kappa shape index (κ3) is 3.85. The number of aromatic nitrogens is 1. The van der Waals surface area contributed by atoms with Gasteiger partial charge in [0.25, 0.3) is 0 Å². The summed E-state index contributed by atoms with van der Waals surface area (Å²) in [4.78, 5) is 17.7. The highest BCUT2D eigenvalue weighted by Gasteiger charge is 2.16. The highest BCUT2D eigenvalue weighted by molar-refractivity contribution is 7.16. The average molecular weight is 318 g/mol. The van der Waals surface area contributed by atoms with Gasteiger partial charge in [-0.05, 0) is 37.6 Å². The molecule has 0 fully saturated rings. The van der Waals surface area contributed by atoms with Gasteiger partial charge in [-0.1, -0.05) is 20.3 Å². The van der Waals surface area contributed by atoms with Crippen molar-refractivity contribution in [3.8, 4) is 17.0 Å². The van der Waals surface area contributed by atoms with Crippen molar-refractivity contribution in [2.45, 2.75) is 33.6 Å². The minimum absolute atomic E-state index is 0.0126. The Hall–Kier alpha value is -1.88. The summed E-state index contributed by atoms with van der Waals surface area (Å²) >= 11 is 1.51. The summed E-state index contributed by atoms with van der Waals surface area (Å²) in [6.07, 6.45) is 1.89. The predicted molar refractivity (Wildman–Crippen MR) is 91.5 cm³/mol. The molecule has 4 nitrogen and oxygen atoms in total. The third-order valence-electron chi connectivity index (χ3n) is 3.56. The number of amides is 1. The number of methoxy groups -OCH3 is 1. The molecule has 2 rings (SSSR count). The first-order chi connectivity index (χ1) is 10.5. The Bertz CT molecular complexity index is 635. The lowest BCUT2D eigenvalue weighted by atomic mass is 10.1. The molecule has 2 aromatic rings. The molecule has 118 valence electrons. The quantitative estimate of drug-likeness (QED) is 0.853. The SMILES string of the molecule is CCC[C@H](C)C(=O)Nc1nc(-c2ccc(OC)cc2)c(C)s1. The van der Waals surface area contributed by atoms with Crippen LogP contribution < -0.4 is 10.1 Å². The lowest BCUT2D eigenvalue weighted by Crippen LogP contribution is -2.20. The van der Waals surface area contributed by atoms with Gasteiger partial charge in [-0.2, -0.15) is 0 Å². The number of nitrogens with zero attached hydrogens (tertiary/aromatic N) is 1. The largest absolute Gasteiger partial charge is 0.497 e. The van der Waals surface area contributed by atoms with Gasteiger partial charge in [-0.15, -0.1) is 11.3 Å². The molecule has 22 heavy (non-hydrogen) atoms. The van der Waals surface area contributed by atoms with Gasteiger partial charge in [0.1, 0.15) is 5.75 Å². The molecule has 1 N–H and O–H groups in total. The van der Waals surface area contributed by atoms with Gasteiger partial charge in [-0.3, -0.25) is 4.79 Å². The maximum absolute atomic E-state index is 12.1. The molecule has 1 heterocycles. The Balaban J connectivity index is 2.15. The molecular formula is C17H22N2O2S. The molecule has 0 aliphatic carbocycles. The van der Waals surface area contributed by atoms with E-state index in [1.54, 1.807) is 7.11 Å². The highest BCUT2D eigenvalue weighted by atomic mass is 32.1. The van der Waals surface area contributed by atoms with E-state index in [4.69, 9.17) is 4.74 Å². The fourth-order valence-corrected chi connectivity index (χ4v) is 3.10. The van der Waals surface area contributed by atoms with Gasteiger partial charge < -0.3 is 10.1 Å². The molecule has 1 aromatic heterocycles. The number of carbonyl (C=O) groups is 1. The summed E-state index contributed by atoms with van der Waals surface area (Å²) in [5.74, 6) is 0.870. The van der Waals surface area contributed by atoms with Gasteiger partial charge in [-0.25, -0.2) is 4.98 Å². The smallest absolute Gasteiger partial charge is 0.228 e. The van der Waals surface area contributed by atoms with Gasteiger partial charge in [0.15, 0.2) is 5.13 Å². The highest BCUT2D eigenvalue weighted by Crippen LogP contribution is 2.31. The molecule has 0 saturated heterocycles. The summed E-state index contributed by atoms with van der Waals surface area (Å²) in [5, 5.41) is 3.59. The molecule has 0 aliphatic rings. The van der Waals surface area contributed by atoms with Crippen LogP contribution in [-0.2, 0) is 4.79 Å². The van der Waals surface area contributed by atoms with Crippen LogP contribution in [0.15, 0.2) is 24.3 Å². The first-order valence-corrected chi connectivity index (χ1v) is 8.29. The van der Waals surface area contributed by atoms with E-state index in [1.165, 1.54) is 11.3 Å².